The van der Waals surface area contributed by atoms with Gasteiger partial charge in [0, 0.05) is 50.7 Å². The molecule has 12 nitrogen and oxygen atoms in total. The van der Waals surface area contributed by atoms with E-state index < -0.39 is 102 Å². The summed E-state index contributed by atoms with van der Waals surface area (Å²) in [6, 6.07) is -0.820. The van der Waals surface area contributed by atoms with Crippen molar-refractivity contribution in [2.75, 3.05) is 19.6 Å². The molecule has 0 radical (unpaired) electrons. The third-order valence-electron chi connectivity index (χ3n) is 7.94. The topological polar surface area (TPSA) is 135 Å². The lowest BCUT2D eigenvalue weighted by molar-refractivity contribution is -0.148. The number of carbonyl (C=O) groups excluding carboxylic acids is 4. The lowest BCUT2D eigenvalue weighted by Gasteiger charge is -2.34. The summed E-state index contributed by atoms with van der Waals surface area (Å²) in [4.78, 5) is 58.4. The summed E-state index contributed by atoms with van der Waals surface area (Å²) in [5.74, 6) is -6.74. The van der Waals surface area contributed by atoms with Crippen LogP contribution in [0.4, 0.5) is 35.9 Å². The number of carbonyl (C=O) groups is 4. The Hall–Kier alpha value is -4.51. The van der Waals surface area contributed by atoms with E-state index in [0.717, 1.165) is 4.57 Å². The molecule has 282 valence electrons. The van der Waals surface area contributed by atoms with Crippen LogP contribution in [0.5, 0.6) is 0 Å². The lowest BCUT2D eigenvalue weighted by atomic mass is 10.0. The molecule has 0 bridgehead atoms. The summed E-state index contributed by atoms with van der Waals surface area (Å²) in [6.07, 6.45) is -6.69. The first-order valence-electron chi connectivity index (χ1n) is 16.4. The maximum atomic E-state index is 14.6. The molecule has 18 heteroatoms. The maximum absolute atomic E-state index is 14.6. The number of nitrogens with one attached hydrogen (secondary N) is 2. The van der Waals surface area contributed by atoms with Crippen LogP contribution in [0.3, 0.4) is 0 Å². The Morgan fingerprint density at radius 2 is 1.51 bits per heavy atom. The highest BCUT2D eigenvalue weighted by atomic mass is 19.4. The van der Waals surface area contributed by atoms with E-state index in [4.69, 9.17) is 9.47 Å². The average Bonchev–Trinajstić information content (AvgIpc) is 3.37. The van der Waals surface area contributed by atoms with Crippen molar-refractivity contribution in [3.8, 4) is 0 Å². The fourth-order valence-electron chi connectivity index (χ4n) is 5.85. The molecule has 0 saturated carbocycles. The van der Waals surface area contributed by atoms with Gasteiger partial charge in [-0.3, -0.25) is 9.59 Å². The predicted octanol–water partition coefficient (Wildman–Crippen LogP) is 5.32. The molecule has 2 atom stereocenters. The molecule has 51 heavy (non-hydrogen) atoms. The molecule has 2 aromatic rings. The SMILES string of the molecule is CC(C)(C)OC(=O)NC(CC(=O)N1CCn2c(C(F)(F)F)nc(C(=O)N3CCCC(NC(=O)OC(C)(C)C)C3)c2C1)Cc1cc(F)c(F)cc1F. The van der Waals surface area contributed by atoms with Gasteiger partial charge in [-0.05, 0) is 72.4 Å². The van der Waals surface area contributed by atoms with Crippen molar-refractivity contribution in [3.63, 3.8) is 0 Å². The summed E-state index contributed by atoms with van der Waals surface area (Å²) >= 11 is 0. The number of rotatable bonds is 7. The zero-order valence-corrected chi connectivity index (χ0v) is 29.2. The minimum Gasteiger partial charge on any atom is -0.444 e. The average molecular weight is 733 g/mol. The molecule has 2 aliphatic heterocycles. The molecule has 1 aromatic carbocycles. The third-order valence-corrected chi connectivity index (χ3v) is 7.94. The summed E-state index contributed by atoms with van der Waals surface area (Å²) in [6.45, 7) is 8.87. The van der Waals surface area contributed by atoms with Gasteiger partial charge in [0.05, 0.1) is 12.2 Å². The van der Waals surface area contributed by atoms with Crippen molar-refractivity contribution in [1.29, 1.82) is 0 Å². The van der Waals surface area contributed by atoms with E-state index in [0.29, 0.717) is 25.0 Å². The smallest absolute Gasteiger partial charge is 0.444 e. The van der Waals surface area contributed by atoms with Crippen LogP contribution in [-0.2, 0) is 40.0 Å². The highest BCUT2D eigenvalue weighted by Gasteiger charge is 2.43. The second kappa shape index (κ2) is 15.0. The minimum absolute atomic E-state index is 0.0209. The van der Waals surface area contributed by atoms with Gasteiger partial charge in [0.2, 0.25) is 11.7 Å². The summed E-state index contributed by atoms with van der Waals surface area (Å²) in [5, 5.41) is 5.12. The first-order chi connectivity index (χ1) is 23.5. The van der Waals surface area contributed by atoms with E-state index in [-0.39, 0.29) is 37.4 Å². The fourth-order valence-corrected chi connectivity index (χ4v) is 5.85. The highest BCUT2D eigenvalue weighted by molar-refractivity contribution is 5.94. The van der Waals surface area contributed by atoms with Gasteiger partial charge in [-0.2, -0.15) is 13.2 Å². The van der Waals surface area contributed by atoms with E-state index in [1.165, 1.54) is 9.80 Å². The Morgan fingerprint density at radius 3 is 2.14 bits per heavy atom. The second-order valence-corrected chi connectivity index (χ2v) is 14.5. The first-order valence-corrected chi connectivity index (χ1v) is 16.4. The zero-order chi connectivity index (χ0) is 38.1. The number of likely N-dealkylation sites (tertiary alicyclic amines) is 1. The Morgan fingerprint density at radius 1 is 0.882 bits per heavy atom. The summed E-state index contributed by atoms with van der Waals surface area (Å²) < 4.78 is 95.8. The van der Waals surface area contributed by atoms with Crippen LogP contribution in [-0.4, -0.2) is 86.3 Å². The molecule has 1 aromatic heterocycles. The van der Waals surface area contributed by atoms with Crippen LogP contribution in [0.25, 0.3) is 0 Å². The van der Waals surface area contributed by atoms with Gasteiger partial charge in [-0.25, -0.2) is 27.7 Å². The maximum Gasteiger partial charge on any atom is 0.449 e. The Kier molecular flexibility index (Phi) is 11.5. The Labute approximate surface area is 290 Å². The quantitative estimate of drug-likeness (QED) is 0.291. The van der Waals surface area contributed by atoms with E-state index in [1.54, 1.807) is 41.5 Å². The number of halogens is 6. The Bertz CT molecular complexity index is 1650. The summed E-state index contributed by atoms with van der Waals surface area (Å²) in [5.41, 5.74) is -2.76. The number of piperidine rings is 1. The molecule has 2 aliphatic rings. The van der Waals surface area contributed by atoms with Crippen LogP contribution >= 0.6 is 0 Å². The van der Waals surface area contributed by atoms with Crippen LogP contribution in [0.1, 0.15) is 88.4 Å². The van der Waals surface area contributed by atoms with Gasteiger partial charge in [-0.15, -0.1) is 0 Å². The monoisotopic (exact) mass is 732 g/mol. The van der Waals surface area contributed by atoms with Crippen molar-refractivity contribution >= 4 is 24.0 Å². The number of aromatic nitrogens is 2. The number of amides is 4. The van der Waals surface area contributed by atoms with Crippen molar-refractivity contribution in [2.24, 2.45) is 0 Å². The molecule has 1 saturated heterocycles. The zero-order valence-electron chi connectivity index (χ0n) is 29.2. The number of benzene rings is 1. The normalized spacial score (nSPS) is 17.4. The van der Waals surface area contributed by atoms with Crippen molar-refractivity contribution in [3.05, 3.63) is 52.4 Å². The molecule has 4 rings (SSSR count). The standard InChI is InChI=1S/C33H42F6N6O6/c1-31(2,3)50-29(48)40-19-8-7-9-44(16-19)27(47)26-24-17-43(10-11-45(24)28(42-26)33(37,38)39)25(46)14-20(41-30(49)51-32(4,5)6)12-18-13-22(35)23(36)15-21(18)34/h13,15,19-20H,7-12,14,16-17H2,1-6H3,(H,40,48)(H,41,49). The summed E-state index contributed by atoms with van der Waals surface area (Å²) in [7, 11) is 0. The second-order valence-electron chi connectivity index (χ2n) is 14.5. The number of hydrogen-bond acceptors (Lipinski definition) is 7. The number of imidazole rings is 1. The van der Waals surface area contributed by atoms with E-state index in [9.17, 15) is 45.5 Å². The number of ether oxygens (including phenoxy) is 2. The van der Waals surface area contributed by atoms with E-state index in [1.807, 2.05) is 0 Å². The van der Waals surface area contributed by atoms with Gasteiger partial charge in [0.1, 0.15) is 17.0 Å². The van der Waals surface area contributed by atoms with Crippen LogP contribution in [0.15, 0.2) is 12.1 Å². The largest absolute Gasteiger partial charge is 0.449 e. The number of hydrogen-bond donors (Lipinski definition) is 2. The van der Waals surface area contributed by atoms with E-state index >= 15 is 0 Å². The van der Waals surface area contributed by atoms with Gasteiger partial charge >= 0.3 is 18.4 Å². The molecule has 3 heterocycles. The lowest BCUT2D eigenvalue weighted by Crippen LogP contribution is -2.51. The first kappa shape index (κ1) is 39.3. The van der Waals surface area contributed by atoms with Gasteiger partial charge in [0.25, 0.3) is 5.91 Å². The third kappa shape index (κ3) is 10.5. The number of fused-ring (bicyclic) bond motifs is 1. The molecule has 2 N–H and O–H groups in total. The van der Waals surface area contributed by atoms with Gasteiger partial charge in [0.15, 0.2) is 17.3 Å². The van der Waals surface area contributed by atoms with Gasteiger partial charge in [-0.1, -0.05) is 0 Å². The minimum atomic E-state index is -4.93. The van der Waals surface area contributed by atoms with Crippen molar-refractivity contribution in [1.82, 2.24) is 30.0 Å². The molecular weight excluding hydrogens is 690 g/mol. The number of alkyl halides is 3. The fraction of sp³-hybridized carbons (Fsp3) is 0.606. The molecule has 1 fully saturated rings. The van der Waals surface area contributed by atoms with Crippen molar-refractivity contribution in [2.45, 2.75) is 110 Å². The van der Waals surface area contributed by atoms with Crippen LogP contribution < -0.4 is 10.6 Å². The Balaban J connectivity index is 1.56. The van der Waals surface area contributed by atoms with Crippen LogP contribution in [0, 0.1) is 17.5 Å². The molecule has 0 aliphatic carbocycles. The predicted molar refractivity (Wildman–Crippen MR) is 169 cm³/mol. The van der Waals surface area contributed by atoms with Gasteiger partial charge < -0.3 is 34.5 Å². The molecular formula is C33H42F6N6O6. The van der Waals surface area contributed by atoms with E-state index in [2.05, 4.69) is 15.6 Å². The number of nitrogens with zero attached hydrogens (tertiary/aromatic N) is 4. The number of alkyl carbamates (subject to hydrolysis) is 2. The van der Waals surface area contributed by atoms with Crippen molar-refractivity contribution < 1.29 is 55.0 Å². The highest BCUT2D eigenvalue weighted by Crippen LogP contribution is 2.33. The molecule has 2 unspecified atom stereocenters. The molecule has 0 spiro atoms. The van der Waals surface area contributed by atoms with Crippen LogP contribution in [0.2, 0.25) is 0 Å². The molecule has 4 amide bonds.